The largest absolute Gasteiger partial charge is 0.395 e. The molecule has 1 rings (SSSR count). The van der Waals surface area contributed by atoms with Gasteiger partial charge in [-0.2, -0.15) is 0 Å². The third kappa shape index (κ3) is 2.43. The molecular formula is C12H16O. The Balaban J connectivity index is 2.97. The van der Waals surface area contributed by atoms with E-state index in [1.807, 2.05) is 31.2 Å². The molecule has 0 aromatic heterocycles. The van der Waals surface area contributed by atoms with Crippen molar-refractivity contribution < 1.29 is 5.11 Å². The maximum absolute atomic E-state index is 9.18. The van der Waals surface area contributed by atoms with Crippen LogP contribution in [-0.2, 0) is 0 Å². The summed E-state index contributed by atoms with van der Waals surface area (Å²) in [5.41, 5.74) is 2.45. The quantitative estimate of drug-likeness (QED) is 0.702. The molecule has 1 N–H and O–H groups in total. The van der Waals surface area contributed by atoms with E-state index in [-0.39, 0.29) is 12.5 Å². The number of benzene rings is 1. The first-order valence-corrected chi connectivity index (χ1v) is 4.58. The lowest BCUT2D eigenvalue weighted by molar-refractivity contribution is 0.283. The zero-order valence-electron chi connectivity index (χ0n) is 8.20. The monoisotopic (exact) mass is 176 g/mol. The molecule has 0 aliphatic rings. The van der Waals surface area contributed by atoms with Crippen molar-refractivity contribution in [2.75, 3.05) is 6.61 Å². The Kier molecular flexibility index (Phi) is 3.71. The Hall–Kier alpha value is -1.08. The predicted octanol–water partition coefficient (Wildman–Crippen LogP) is 2.65. The lowest BCUT2D eigenvalue weighted by Crippen LogP contribution is -2.02. The Morgan fingerprint density at radius 2 is 2.08 bits per heavy atom. The molecule has 1 aromatic carbocycles. The summed E-state index contributed by atoms with van der Waals surface area (Å²) in [7, 11) is 0. The predicted molar refractivity (Wildman–Crippen MR) is 55.8 cm³/mol. The van der Waals surface area contributed by atoms with Crippen LogP contribution in [0.4, 0.5) is 0 Å². The average Bonchev–Trinajstić information content (AvgIpc) is 2.16. The van der Waals surface area contributed by atoms with Gasteiger partial charge >= 0.3 is 0 Å². The van der Waals surface area contributed by atoms with Crippen LogP contribution in [0.5, 0.6) is 0 Å². The summed E-state index contributed by atoms with van der Waals surface area (Å²) in [6.45, 7) is 4.22. The summed E-state index contributed by atoms with van der Waals surface area (Å²) in [6, 6.07) is 8.16. The fourth-order valence-electron chi connectivity index (χ4n) is 1.50. The molecule has 0 fully saturated rings. The third-order valence-electron chi connectivity index (χ3n) is 2.21. The van der Waals surface area contributed by atoms with E-state index in [0.29, 0.717) is 0 Å². The van der Waals surface area contributed by atoms with Gasteiger partial charge in [0.05, 0.1) is 6.61 Å². The standard InChI is InChI=1S/C12H16O/c1-3-6-11(9-13)12-8-5-4-7-10(12)2/h3-8,11,13H,9H2,1-2H3/b6-3+. The molecule has 0 saturated heterocycles. The molecule has 70 valence electrons. The fourth-order valence-corrected chi connectivity index (χ4v) is 1.50. The van der Waals surface area contributed by atoms with Gasteiger partial charge in [-0.1, -0.05) is 36.4 Å². The van der Waals surface area contributed by atoms with Crippen molar-refractivity contribution in [3.05, 3.63) is 47.5 Å². The number of hydrogen-bond acceptors (Lipinski definition) is 1. The van der Waals surface area contributed by atoms with E-state index in [9.17, 15) is 5.11 Å². The average molecular weight is 176 g/mol. The highest BCUT2D eigenvalue weighted by Crippen LogP contribution is 2.20. The van der Waals surface area contributed by atoms with Crippen LogP contribution in [-0.4, -0.2) is 11.7 Å². The van der Waals surface area contributed by atoms with Crippen molar-refractivity contribution in [3.8, 4) is 0 Å². The van der Waals surface area contributed by atoms with Crippen LogP contribution >= 0.6 is 0 Å². The fraction of sp³-hybridized carbons (Fsp3) is 0.333. The van der Waals surface area contributed by atoms with Gasteiger partial charge < -0.3 is 5.11 Å². The highest BCUT2D eigenvalue weighted by atomic mass is 16.3. The Labute approximate surface area is 79.7 Å². The van der Waals surface area contributed by atoms with Gasteiger partial charge in [0.2, 0.25) is 0 Å². The minimum Gasteiger partial charge on any atom is -0.395 e. The Morgan fingerprint density at radius 3 is 2.62 bits per heavy atom. The molecule has 1 unspecified atom stereocenters. The normalized spacial score (nSPS) is 13.5. The minimum absolute atomic E-state index is 0.145. The smallest absolute Gasteiger partial charge is 0.0534 e. The second-order valence-electron chi connectivity index (χ2n) is 3.17. The molecule has 1 atom stereocenters. The Morgan fingerprint density at radius 1 is 1.38 bits per heavy atom. The van der Waals surface area contributed by atoms with Gasteiger partial charge in [0.15, 0.2) is 0 Å². The first-order valence-electron chi connectivity index (χ1n) is 4.58. The maximum atomic E-state index is 9.18. The molecule has 0 bridgehead atoms. The molecule has 0 aliphatic carbocycles. The van der Waals surface area contributed by atoms with Crippen molar-refractivity contribution in [1.29, 1.82) is 0 Å². The van der Waals surface area contributed by atoms with Crippen LogP contribution < -0.4 is 0 Å². The number of aryl methyl sites for hydroxylation is 1. The van der Waals surface area contributed by atoms with Gasteiger partial charge in [-0.25, -0.2) is 0 Å². The maximum Gasteiger partial charge on any atom is 0.0534 e. The molecular weight excluding hydrogens is 160 g/mol. The van der Waals surface area contributed by atoms with Crippen LogP contribution in [0, 0.1) is 6.92 Å². The first kappa shape index (κ1) is 10.0. The van der Waals surface area contributed by atoms with Crippen molar-refractivity contribution in [2.24, 2.45) is 0 Å². The number of hydrogen-bond donors (Lipinski definition) is 1. The molecule has 1 heteroatoms. The summed E-state index contributed by atoms with van der Waals surface area (Å²) in [6.07, 6.45) is 4.01. The highest BCUT2D eigenvalue weighted by molar-refractivity contribution is 5.31. The van der Waals surface area contributed by atoms with E-state index in [0.717, 1.165) is 0 Å². The zero-order chi connectivity index (χ0) is 9.68. The third-order valence-corrected chi connectivity index (χ3v) is 2.21. The molecule has 0 saturated carbocycles. The molecule has 0 aliphatic heterocycles. The molecule has 0 radical (unpaired) electrons. The van der Waals surface area contributed by atoms with Crippen LogP contribution in [0.25, 0.3) is 0 Å². The Bertz CT molecular complexity index is 289. The van der Waals surface area contributed by atoms with Gasteiger partial charge in [0, 0.05) is 5.92 Å². The molecule has 0 heterocycles. The first-order chi connectivity index (χ1) is 6.29. The van der Waals surface area contributed by atoms with Crippen LogP contribution in [0.2, 0.25) is 0 Å². The van der Waals surface area contributed by atoms with Gasteiger partial charge in [-0.3, -0.25) is 0 Å². The summed E-state index contributed by atoms with van der Waals surface area (Å²) < 4.78 is 0. The highest BCUT2D eigenvalue weighted by Gasteiger charge is 2.07. The SMILES string of the molecule is C/C=C/C(CO)c1ccccc1C. The van der Waals surface area contributed by atoms with Crippen LogP contribution in [0.15, 0.2) is 36.4 Å². The zero-order valence-corrected chi connectivity index (χ0v) is 8.20. The summed E-state index contributed by atoms with van der Waals surface area (Å²) in [5, 5.41) is 9.18. The van der Waals surface area contributed by atoms with Crippen molar-refractivity contribution in [1.82, 2.24) is 0 Å². The minimum atomic E-state index is 0.145. The molecule has 0 amide bonds. The van der Waals surface area contributed by atoms with E-state index in [1.54, 1.807) is 0 Å². The van der Waals surface area contributed by atoms with Crippen molar-refractivity contribution in [3.63, 3.8) is 0 Å². The van der Waals surface area contributed by atoms with Gasteiger partial charge in [-0.15, -0.1) is 0 Å². The second-order valence-corrected chi connectivity index (χ2v) is 3.17. The van der Waals surface area contributed by atoms with Crippen LogP contribution in [0.3, 0.4) is 0 Å². The number of aliphatic hydroxyl groups is 1. The second kappa shape index (κ2) is 4.83. The van der Waals surface area contributed by atoms with E-state index >= 15 is 0 Å². The number of allylic oxidation sites excluding steroid dienone is 1. The van der Waals surface area contributed by atoms with Crippen molar-refractivity contribution in [2.45, 2.75) is 19.8 Å². The number of aliphatic hydroxyl groups excluding tert-OH is 1. The molecule has 1 nitrogen and oxygen atoms in total. The van der Waals surface area contributed by atoms with E-state index in [2.05, 4.69) is 19.1 Å². The van der Waals surface area contributed by atoms with E-state index in [4.69, 9.17) is 0 Å². The molecule has 13 heavy (non-hydrogen) atoms. The summed E-state index contributed by atoms with van der Waals surface area (Å²) in [5.74, 6) is 0.145. The molecule has 0 spiro atoms. The summed E-state index contributed by atoms with van der Waals surface area (Å²) in [4.78, 5) is 0. The lowest BCUT2D eigenvalue weighted by atomic mass is 9.95. The van der Waals surface area contributed by atoms with E-state index in [1.165, 1.54) is 11.1 Å². The summed E-state index contributed by atoms with van der Waals surface area (Å²) >= 11 is 0. The van der Waals surface area contributed by atoms with E-state index < -0.39 is 0 Å². The molecule has 1 aromatic rings. The van der Waals surface area contributed by atoms with Crippen molar-refractivity contribution >= 4 is 0 Å². The van der Waals surface area contributed by atoms with Gasteiger partial charge in [-0.05, 0) is 25.0 Å². The topological polar surface area (TPSA) is 20.2 Å². The van der Waals surface area contributed by atoms with Gasteiger partial charge in [0.25, 0.3) is 0 Å². The van der Waals surface area contributed by atoms with Crippen LogP contribution in [0.1, 0.15) is 24.0 Å². The lowest BCUT2D eigenvalue weighted by Gasteiger charge is -2.12. The van der Waals surface area contributed by atoms with Gasteiger partial charge in [0.1, 0.15) is 0 Å². The number of rotatable bonds is 3.